The summed E-state index contributed by atoms with van der Waals surface area (Å²) in [6.07, 6.45) is 2.71. The Morgan fingerprint density at radius 1 is 1.47 bits per heavy atom. The Labute approximate surface area is 119 Å². The Bertz CT molecular complexity index is 550. The van der Waals surface area contributed by atoms with Crippen LogP contribution in [0.5, 0.6) is 0 Å². The molecule has 1 aromatic rings. The van der Waals surface area contributed by atoms with Gasteiger partial charge >= 0.3 is 0 Å². The summed E-state index contributed by atoms with van der Waals surface area (Å²) in [7, 11) is -3.44. The van der Waals surface area contributed by atoms with Gasteiger partial charge in [0, 0.05) is 21.8 Å². The van der Waals surface area contributed by atoms with E-state index in [-0.39, 0.29) is 18.7 Å². The van der Waals surface area contributed by atoms with Crippen molar-refractivity contribution < 1.29 is 13.5 Å². The lowest BCUT2D eigenvalue weighted by Crippen LogP contribution is -2.39. The van der Waals surface area contributed by atoms with Gasteiger partial charge < -0.3 is 5.11 Å². The number of aryl methyl sites for hydroxylation is 1. The normalized spacial score (nSPS) is 25.1. The zero-order valence-corrected chi connectivity index (χ0v) is 13.2. The molecule has 0 aliphatic carbocycles. The number of aliphatic hydroxyl groups is 1. The molecular weight excluding hydrogens is 282 g/mol. The maximum atomic E-state index is 12.8. The van der Waals surface area contributed by atoms with Gasteiger partial charge in [-0.25, -0.2) is 8.42 Å². The molecule has 0 bridgehead atoms. The van der Waals surface area contributed by atoms with Crippen LogP contribution < -0.4 is 0 Å². The van der Waals surface area contributed by atoms with E-state index in [0.717, 1.165) is 24.1 Å². The lowest BCUT2D eigenvalue weighted by atomic mass is 10.2. The molecule has 1 aliphatic rings. The van der Waals surface area contributed by atoms with E-state index in [1.54, 1.807) is 17.3 Å². The average Bonchev–Trinajstić information content (AvgIpc) is 2.92. The fourth-order valence-corrected chi connectivity index (χ4v) is 6.25. The fourth-order valence-electron chi connectivity index (χ4n) is 2.84. The highest BCUT2D eigenvalue weighted by atomic mass is 32.2. The molecule has 0 saturated carbocycles. The van der Waals surface area contributed by atoms with Gasteiger partial charge in [0.05, 0.1) is 11.5 Å². The second-order valence-electron chi connectivity index (χ2n) is 5.11. The lowest BCUT2D eigenvalue weighted by Gasteiger charge is -2.26. The van der Waals surface area contributed by atoms with Gasteiger partial charge in [-0.3, -0.25) is 0 Å². The van der Waals surface area contributed by atoms with E-state index in [0.29, 0.717) is 9.77 Å². The molecular formula is C13H21NO3S2. The van der Waals surface area contributed by atoms with Crippen LogP contribution in [0, 0.1) is 6.92 Å². The van der Waals surface area contributed by atoms with Crippen molar-refractivity contribution in [3.63, 3.8) is 0 Å². The minimum atomic E-state index is -3.44. The van der Waals surface area contributed by atoms with E-state index in [2.05, 4.69) is 0 Å². The van der Waals surface area contributed by atoms with Crippen LogP contribution in [-0.4, -0.2) is 29.9 Å². The topological polar surface area (TPSA) is 57.6 Å². The molecule has 0 radical (unpaired) electrons. The predicted octanol–water partition coefficient (Wildman–Crippen LogP) is 2.50. The summed E-state index contributed by atoms with van der Waals surface area (Å²) in [5.41, 5.74) is 0. The van der Waals surface area contributed by atoms with Gasteiger partial charge in [-0.15, -0.1) is 11.3 Å². The quantitative estimate of drug-likeness (QED) is 0.930. The molecule has 0 amide bonds. The second-order valence-corrected chi connectivity index (χ2v) is 8.27. The van der Waals surface area contributed by atoms with Gasteiger partial charge in [0.15, 0.2) is 0 Å². The molecule has 19 heavy (non-hydrogen) atoms. The van der Waals surface area contributed by atoms with Crippen molar-refractivity contribution in [1.29, 1.82) is 0 Å². The smallest absolute Gasteiger partial charge is 0.244 e. The molecule has 2 atom stereocenters. The molecule has 2 heterocycles. The first-order valence-corrected chi connectivity index (χ1v) is 8.91. The van der Waals surface area contributed by atoms with Crippen LogP contribution in [0.3, 0.4) is 0 Å². The standard InChI is InChI=1S/C13H21NO3S2/c1-4-11-6-5-9(2)14(11)19(16,17)13-7-12(8-15)18-10(13)3/h7,9,11,15H,4-6,8H2,1-3H3. The molecule has 1 saturated heterocycles. The highest BCUT2D eigenvalue weighted by Gasteiger charge is 2.40. The van der Waals surface area contributed by atoms with Crippen molar-refractivity contribution in [3.8, 4) is 0 Å². The van der Waals surface area contributed by atoms with Crippen molar-refractivity contribution in [2.75, 3.05) is 0 Å². The van der Waals surface area contributed by atoms with Crippen molar-refractivity contribution in [2.45, 2.75) is 63.6 Å². The maximum absolute atomic E-state index is 12.8. The molecule has 1 N–H and O–H groups in total. The second kappa shape index (κ2) is 5.52. The largest absolute Gasteiger partial charge is 0.391 e. The minimum absolute atomic E-state index is 0.0619. The van der Waals surface area contributed by atoms with Crippen LogP contribution in [0.25, 0.3) is 0 Å². The van der Waals surface area contributed by atoms with Crippen LogP contribution in [0.1, 0.15) is 42.9 Å². The fraction of sp³-hybridized carbons (Fsp3) is 0.692. The average molecular weight is 303 g/mol. The zero-order chi connectivity index (χ0) is 14.2. The molecule has 4 nitrogen and oxygen atoms in total. The Balaban J connectivity index is 2.43. The molecule has 0 spiro atoms. The summed E-state index contributed by atoms with van der Waals surface area (Å²) in [5, 5.41) is 9.16. The first-order chi connectivity index (χ1) is 8.91. The summed E-state index contributed by atoms with van der Waals surface area (Å²) in [6.45, 7) is 5.71. The third-order valence-corrected chi connectivity index (χ3v) is 7.18. The van der Waals surface area contributed by atoms with Gasteiger partial charge in [0.2, 0.25) is 10.0 Å². The monoisotopic (exact) mass is 303 g/mol. The van der Waals surface area contributed by atoms with Crippen LogP contribution in [0.2, 0.25) is 0 Å². The van der Waals surface area contributed by atoms with E-state index < -0.39 is 10.0 Å². The number of hydrogen-bond donors (Lipinski definition) is 1. The maximum Gasteiger partial charge on any atom is 0.244 e. The van der Waals surface area contributed by atoms with Crippen molar-refractivity contribution in [2.24, 2.45) is 0 Å². The molecule has 2 unspecified atom stereocenters. The van der Waals surface area contributed by atoms with E-state index in [1.807, 2.05) is 13.8 Å². The number of thiophene rings is 1. The number of hydrogen-bond acceptors (Lipinski definition) is 4. The lowest BCUT2D eigenvalue weighted by molar-refractivity contribution is 0.285. The molecule has 6 heteroatoms. The highest BCUT2D eigenvalue weighted by Crippen LogP contribution is 2.35. The predicted molar refractivity (Wildman–Crippen MR) is 76.8 cm³/mol. The zero-order valence-electron chi connectivity index (χ0n) is 11.6. The number of nitrogens with zero attached hydrogens (tertiary/aromatic N) is 1. The first-order valence-electron chi connectivity index (χ1n) is 6.65. The van der Waals surface area contributed by atoms with E-state index in [1.165, 1.54) is 11.3 Å². The van der Waals surface area contributed by atoms with E-state index in [9.17, 15) is 8.42 Å². The summed E-state index contributed by atoms with van der Waals surface area (Å²) in [6, 6.07) is 1.79. The van der Waals surface area contributed by atoms with Gasteiger partial charge in [-0.1, -0.05) is 6.92 Å². The molecule has 1 aromatic heterocycles. The highest BCUT2D eigenvalue weighted by molar-refractivity contribution is 7.89. The van der Waals surface area contributed by atoms with E-state index >= 15 is 0 Å². The Hall–Kier alpha value is -0.430. The van der Waals surface area contributed by atoms with Crippen LogP contribution in [0.4, 0.5) is 0 Å². The third kappa shape index (κ3) is 2.59. The minimum Gasteiger partial charge on any atom is -0.391 e. The van der Waals surface area contributed by atoms with Gasteiger partial charge in [-0.05, 0) is 39.2 Å². The number of aliphatic hydroxyl groups excluding tert-OH is 1. The van der Waals surface area contributed by atoms with Crippen molar-refractivity contribution in [1.82, 2.24) is 4.31 Å². The molecule has 2 rings (SSSR count). The third-order valence-electron chi connectivity index (χ3n) is 3.82. The Kier molecular flexibility index (Phi) is 4.35. The molecule has 1 aliphatic heterocycles. The van der Waals surface area contributed by atoms with E-state index in [4.69, 9.17) is 5.11 Å². The van der Waals surface area contributed by atoms with Crippen LogP contribution in [-0.2, 0) is 16.6 Å². The number of sulfonamides is 1. The Morgan fingerprint density at radius 3 is 2.68 bits per heavy atom. The van der Waals surface area contributed by atoms with Gasteiger partial charge in [0.25, 0.3) is 0 Å². The molecule has 0 aromatic carbocycles. The summed E-state index contributed by atoms with van der Waals surface area (Å²) in [5.74, 6) is 0. The SMILES string of the molecule is CCC1CCC(C)N1S(=O)(=O)c1cc(CO)sc1C. The summed E-state index contributed by atoms with van der Waals surface area (Å²) >= 11 is 1.35. The summed E-state index contributed by atoms with van der Waals surface area (Å²) < 4.78 is 27.3. The van der Waals surface area contributed by atoms with Gasteiger partial charge in [0.1, 0.15) is 0 Å². The van der Waals surface area contributed by atoms with Crippen molar-refractivity contribution >= 4 is 21.4 Å². The molecule has 108 valence electrons. The summed E-state index contributed by atoms with van der Waals surface area (Å²) in [4.78, 5) is 1.84. The van der Waals surface area contributed by atoms with Crippen molar-refractivity contribution in [3.05, 3.63) is 15.8 Å². The van der Waals surface area contributed by atoms with Crippen LogP contribution >= 0.6 is 11.3 Å². The van der Waals surface area contributed by atoms with Gasteiger partial charge in [-0.2, -0.15) is 4.31 Å². The van der Waals surface area contributed by atoms with Crippen LogP contribution in [0.15, 0.2) is 11.0 Å². The molecule has 1 fully saturated rings. The first kappa shape index (κ1) is 15.0. The number of rotatable bonds is 4. The Morgan fingerprint density at radius 2 is 2.16 bits per heavy atom.